The predicted molar refractivity (Wildman–Crippen MR) is 58.9 cm³/mol. The molecule has 0 spiro atoms. The van der Waals surface area contributed by atoms with Crippen LogP contribution in [-0.4, -0.2) is 5.78 Å². The fourth-order valence-corrected chi connectivity index (χ4v) is 2.38. The highest BCUT2D eigenvalue weighted by Gasteiger charge is 2.33. The van der Waals surface area contributed by atoms with Crippen molar-refractivity contribution < 1.29 is 18.0 Å². The van der Waals surface area contributed by atoms with Gasteiger partial charge in [0.1, 0.15) is 0 Å². The van der Waals surface area contributed by atoms with Gasteiger partial charge in [-0.05, 0) is 54.1 Å². The molecule has 0 atom stereocenters. The molecule has 0 fully saturated rings. The largest absolute Gasteiger partial charge is 0.416 e. The van der Waals surface area contributed by atoms with E-state index in [0.717, 1.165) is 6.07 Å². The van der Waals surface area contributed by atoms with Crippen molar-refractivity contribution in [1.82, 2.24) is 0 Å². The number of carbonyl (C=O) groups is 1. The third kappa shape index (κ3) is 2.50. The van der Waals surface area contributed by atoms with E-state index in [9.17, 15) is 18.0 Å². The van der Waals surface area contributed by atoms with Crippen molar-refractivity contribution in [3.05, 3.63) is 32.4 Å². The van der Waals surface area contributed by atoms with Crippen LogP contribution in [0.1, 0.15) is 28.4 Å². The number of carbonyl (C=O) groups excluding carboxylic acids is 1. The molecular formula is C10H8F3IO. The molecule has 1 aromatic carbocycles. The molecule has 0 aliphatic carbocycles. The Bertz CT molecular complexity index is 410. The molecule has 0 radical (unpaired) electrons. The van der Waals surface area contributed by atoms with Gasteiger partial charge < -0.3 is 0 Å². The van der Waals surface area contributed by atoms with Gasteiger partial charge in [-0.3, -0.25) is 4.79 Å². The van der Waals surface area contributed by atoms with Crippen molar-refractivity contribution >= 4 is 28.4 Å². The summed E-state index contributed by atoms with van der Waals surface area (Å²) < 4.78 is 38.1. The maximum atomic E-state index is 12.5. The molecule has 5 heteroatoms. The lowest BCUT2D eigenvalue weighted by Gasteiger charge is -2.13. The van der Waals surface area contributed by atoms with Crippen molar-refractivity contribution in [3.8, 4) is 0 Å². The third-order valence-corrected chi connectivity index (χ3v) is 2.97. The lowest BCUT2D eigenvalue weighted by molar-refractivity contribution is -0.138. The monoisotopic (exact) mass is 328 g/mol. The first-order valence-electron chi connectivity index (χ1n) is 4.12. The molecule has 0 aliphatic rings. The second kappa shape index (κ2) is 4.11. The molecule has 15 heavy (non-hydrogen) atoms. The average molecular weight is 328 g/mol. The summed E-state index contributed by atoms with van der Waals surface area (Å²) in [5.74, 6) is -0.344. The highest BCUT2D eigenvalue weighted by atomic mass is 127. The lowest BCUT2D eigenvalue weighted by atomic mass is 10.00. The second-order valence-electron chi connectivity index (χ2n) is 3.15. The van der Waals surface area contributed by atoms with Crippen LogP contribution in [0.3, 0.4) is 0 Å². The maximum absolute atomic E-state index is 12.5. The third-order valence-electron chi connectivity index (χ3n) is 2.07. The van der Waals surface area contributed by atoms with Crippen LogP contribution in [-0.2, 0) is 6.18 Å². The van der Waals surface area contributed by atoms with E-state index in [1.807, 2.05) is 22.6 Å². The summed E-state index contributed by atoms with van der Waals surface area (Å²) in [5, 5.41) is 0. The van der Waals surface area contributed by atoms with Crippen molar-refractivity contribution in [1.29, 1.82) is 0 Å². The van der Waals surface area contributed by atoms with Crippen LogP contribution in [0, 0.1) is 10.5 Å². The molecule has 0 unspecified atom stereocenters. The van der Waals surface area contributed by atoms with E-state index in [1.165, 1.54) is 19.9 Å². The maximum Gasteiger partial charge on any atom is 0.416 e. The van der Waals surface area contributed by atoms with E-state index in [-0.39, 0.29) is 16.9 Å². The number of hydrogen-bond acceptors (Lipinski definition) is 1. The minimum absolute atomic E-state index is 0.00176. The number of ketones is 1. The van der Waals surface area contributed by atoms with Gasteiger partial charge >= 0.3 is 6.18 Å². The summed E-state index contributed by atoms with van der Waals surface area (Å²) >= 11 is 1.86. The summed E-state index contributed by atoms with van der Waals surface area (Å²) in [5.41, 5.74) is -0.583. The predicted octanol–water partition coefficient (Wildman–Crippen LogP) is 3.82. The van der Waals surface area contributed by atoms with E-state index in [2.05, 4.69) is 0 Å². The van der Waals surface area contributed by atoms with Gasteiger partial charge in [0.2, 0.25) is 0 Å². The number of alkyl halides is 3. The van der Waals surface area contributed by atoms with Crippen LogP contribution < -0.4 is 0 Å². The van der Waals surface area contributed by atoms with Crippen molar-refractivity contribution in [2.45, 2.75) is 20.0 Å². The fraction of sp³-hybridized carbons (Fsp3) is 0.300. The van der Waals surface area contributed by atoms with Gasteiger partial charge in [0.15, 0.2) is 5.78 Å². The lowest BCUT2D eigenvalue weighted by Crippen LogP contribution is -2.11. The molecule has 0 heterocycles. The normalized spacial score (nSPS) is 11.6. The van der Waals surface area contributed by atoms with Gasteiger partial charge in [-0.1, -0.05) is 0 Å². The Balaban J connectivity index is 3.49. The van der Waals surface area contributed by atoms with Gasteiger partial charge in [0.05, 0.1) is 5.56 Å². The topological polar surface area (TPSA) is 17.1 Å². The number of hydrogen-bond donors (Lipinski definition) is 0. The Labute approximate surface area is 98.8 Å². The van der Waals surface area contributed by atoms with Crippen LogP contribution in [0.5, 0.6) is 0 Å². The molecule has 0 aromatic heterocycles. The Morgan fingerprint density at radius 1 is 1.33 bits per heavy atom. The van der Waals surface area contributed by atoms with E-state index in [0.29, 0.717) is 3.57 Å². The fourth-order valence-electron chi connectivity index (χ4n) is 1.42. The van der Waals surface area contributed by atoms with Crippen LogP contribution in [0.15, 0.2) is 12.1 Å². The minimum Gasteiger partial charge on any atom is -0.294 e. The first kappa shape index (κ1) is 12.5. The zero-order valence-corrected chi connectivity index (χ0v) is 10.2. The van der Waals surface area contributed by atoms with E-state index in [4.69, 9.17) is 0 Å². The second-order valence-corrected chi connectivity index (χ2v) is 4.31. The Hall–Kier alpha value is -0.590. The summed E-state index contributed by atoms with van der Waals surface area (Å²) in [6, 6.07) is 2.32. The number of benzene rings is 1. The summed E-state index contributed by atoms with van der Waals surface area (Å²) in [6.07, 6.45) is -4.40. The standard InChI is InChI=1S/C10H8F3IO/c1-5-7(10(11,12)13)3-4-8(14)9(5)6(2)15/h3-4H,1-2H3. The minimum atomic E-state index is -4.40. The Morgan fingerprint density at radius 3 is 2.27 bits per heavy atom. The SMILES string of the molecule is CC(=O)c1c(I)ccc(C(F)(F)F)c1C. The zero-order chi connectivity index (χ0) is 11.8. The molecule has 1 aromatic rings. The average Bonchev–Trinajstić information content (AvgIpc) is 2.00. The molecule has 0 amide bonds. The molecule has 1 rings (SSSR count). The molecule has 0 N–H and O–H groups in total. The Morgan fingerprint density at radius 2 is 1.87 bits per heavy atom. The molecule has 0 bridgehead atoms. The van der Waals surface area contributed by atoms with Crippen molar-refractivity contribution in [3.63, 3.8) is 0 Å². The zero-order valence-electron chi connectivity index (χ0n) is 8.07. The molecule has 0 aliphatic heterocycles. The molecular weight excluding hydrogens is 320 g/mol. The van der Waals surface area contributed by atoms with Gasteiger partial charge in [-0.25, -0.2) is 0 Å². The summed E-state index contributed by atoms with van der Waals surface area (Å²) in [4.78, 5) is 11.2. The van der Waals surface area contributed by atoms with Crippen molar-refractivity contribution in [2.75, 3.05) is 0 Å². The van der Waals surface area contributed by atoms with E-state index < -0.39 is 11.7 Å². The number of halogens is 4. The van der Waals surface area contributed by atoms with E-state index in [1.54, 1.807) is 0 Å². The van der Waals surface area contributed by atoms with Crippen LogP contribution >= 0.6 is 22.6 Å². The first-order valence-corrected chi connectivity index (χ1v) is 5.20. The number of Topliss-reactive ketones (excluding diaryl/α,β-unsaturated/α-hetero) is 1. The first-order chi connectivity index (χ1) is 6.75. The van der Waals surface area contributed by atoms with Gasteiger partial charge in [0.25, 0.3) is 0 Å². The van der Waals surface area contributed by atoms with Crippen molar-refractivity contribution in [2.24, 2.45) is 0 Å². The summed E-state index contributed by atoms with van der Waals surface area (Å²) in [7, 11) is 0. The van der Waals surface area contributed by atoms with Crippen LogP contribution in [0.2, 0.25) is 0 Å². The number of rotatable bonds is 1. The van der Waals surface area contributed by atoms with Gasteiger partial charge in [-0.15, -0.1) is 0 Å². The van der Waals surface area contributed by atoms with Gasteiger partial charge in [-0.2, -0.15) is 13.2 Å². The highest BCUT2D eigenvalue weighted by Crippen LogP contribution is 2.34. The van der Waals surface area contributed by atoms with E-state index >= 15 is 0 Å². The molecule has 82 valence electrons. The highest BCUT2D eigenvalue weighted by molar-refractivity contribution is 14.1. The molecule has 0 saturated carbocycles. The summed E-state index contributed by atoms with van der Waals surface area (Å²) in [6.45, 7) is 2.59. The Kier molecular flexibility index (Phi) is 3.42. The smallest absolute Gasteiger partial charge is 0.294 e. The quantitative estimate of drug-likeness (QED) is 0.566. The van der Waals surface area contributed by atoms with Crippen LogP contribution in [0.4, 0.5) is 13.2 Å². The van der Waals surface area contributed by atoms with Gasteiger partial charge in [0, 0.05) is 9.13 Å². The van der Waals surface area contributed by atoms with Crippen LogP contribution in [0.25, 0.3) is 0 Å². The molecule has 1 nitrogen and oxygen atoms in total. The molecule has 0 saturated heterocycles.